The Morgan fingerprint density at radius 2 is 1.93 bits per heavy atom. The molecule has 0 fully saturated rings. The molecule has 4 nitrogen and oxygen atoms in total. The van der Waals surface area contributed by atoms with Crippen molar-refractivity contribution >= 4 is 5.91 Å². The van der Waals surface area contributed by atoms with Crippen molar-refractivity contribution in [1.82, 2.24) is 10.3 Å². The number of nitrogens with one attached hydrogen (secondary N) is 1. The SMILES string of the molecule is Cc1ccc(COc2cc(CNC(=O)Cc3cccc(F)c3)ccn2)c(C)c1. The maximum Gasteiger partial charge on any atom is 0.224 e. The van der Waals surface area contributed by atoms with E-state index in [1.54, 1.807) is 18.3 Å². The Labute approximate surface area is 164 Å². The van der Waals surface area contributed by atoms with Crippen molar-refractivity contribution in [3.63, 3.8) is 0 Å². The van der Waals surface area contributed by atoms with Gasteiger partial charge in [-0.3, -0.25) is 4.79 Å². The highest BCUT2D eigenvalue weighted by Crippen LogP contribution is 2.15. The zero-order valence-corrected chi connectivity index (χ0v) is 16.0. The largest absolute Gasteiger partial charge is 0.473 e. The number of benzene rings is 2. The highest BCUT2D eigenvalue weighted by atomic mass is 19.1. The average Bonchev–Trinajstić information content (AvgIpc) is 2.66. The second-order valence-corrected chi connectivity index (χ2v) is 6.80. The Morgan fingerprint density at radius 1 is 1.07 bits per heavy atom. The number of hydrogen-bond donors (Lipinski definition) is 1. The summed E-state index contributed by atoms with van der Waals surface area (Å²) in [6.07, 6.45) is 1.80. The van der Waals surface area contributed by atoms with Crippen LogP contribution in [0.4, 0.5) is 4.39 Å². The zero-order chi connectivity index (χ0) is 19.9. The predicted octanol–water partition coefficient (Wildman–Crippen LogP) is 4.28. The fourth-order valence-corrected chi connectivity index (χ4v) is 2.89. The molecule has 0 saturated carbocycles. The number of carbonyl (C=O) groups is 1. The first kappa shape index (κ1) is 19.5. The van der Waals surface area contributed by atoms with Crippen LogP contribution >= 0.6 is 0 Å². The summed E-state index contributed by atoms with van der Waals surface area (Å²) in [4.78, 5) is 16.3. The Morgan fingerprint density at radius 3 is 2.71 bits per heavy atom. The molecule has 5 heteroatoms. The fraction of sp³-hybridized carbons (Fsp3) is 0.217. The summed E-state index contributed by atoms with van der Waals surface area (Å²) in [7, 11) is 0. The maximum absolute atomic E-state index is 13.2. The topological polar surface area (TPSA) is 51.2 Å². The lowest BCUT2D eigenvalue weighted by molar-refractivity contribution is -0.120. The number of aryl methyl sites for hydroxylation is 2. The normalized spacial score (nSPS) is 10.5. The summed E-state index contributed by atoms with van der Waals surface area (Å²) in [6, 6.07) is 15.9. The van der Waals surface area contributed by atoms with Gasteiger partial charge in [-0.2, -0.15) is 0 Å². The highest BCUT2D eigenvalue weighted by molar-refractivity contribution is 5.78. The van der Waals surface area contributed by atoms with E-state index in [0.717, 1.165) is 11.1 Å². The molecule has 3 rings (SSSR count). The van der Waals surface area contributed by atoms with Gasteiger partial charge in [0, 0.05) is 18.8 Å². The zero-order valence-electron chi connectivity index (χ0n) is 16.0. The van der Waals surface area contributed by atoms with E-state index in [2.05, 4.69) is 42.3 Å². The van der Waals surface area contributed by atoms with Crippen molar-refractivity contribution in [2.24, 2.45) is 0 Å². The molecule has 144 valence electrons. The highest BCUT2D eigenvalue weighted by Gasteiger charge is 2.06. The molecule has 1 heterocycles. The van der Waals surface area contributed by atoms with Gasteiger partial charge in [0.1, 0.15) is 12.4 Å². The summed E-state index contributed by atoms with van der Waals surface area (Å²) in [6.45, 7) is 4.92. The van der Waals surface area contributed by atoms with Crippen LogP contribution in [-0.4, -0.2) is 10.9 Å². The first-order valence-corrected chi connectivity index (χ1v) is 9.14. The van der Waals surface area contributed by atoms with E-state index in [4.69, 9.17) is 4.74 Å². The van der Waals surface area contributed by atoms with Crippen LogP contribution in [0.3, 0.4) is 0 Å². The van der Waals surface area contributed by atoms with Crippen molar-refractivity contribution in [3.05, 3.63) is 94.4 Å². The summed E-state index contributed by atoms with van der Waals surface area (Å²) in [5, 5.41) is 2.84. The van der Waals surface area contributed by atoms with Gasteiger partial charge in [0.25, 0.3) is 0 Å². The second-order valence-electron chi connectivity index (χ2n) is 6.80. The fourth-order valence-electron chi connectivity index (χ4n) is 2.89. The second kappa shape index (κ2) is 9.13. The van der Waals surface area contributed by atoms with Gasteiger partial charge in [-0.15, -0.1) is 0 Å². The number of rotatable bonds is 7. The van der Waals surface area contributed by atoms with Crippen LogP contribution in [0.25, 0.3) is 0 Å². The summed E-state index contributed by atoms with van der Waals surface area (Å²) >= 11 is 0. The molecule has 0 aliphatic carbocycles. The predicted molar refractivity (Wildman–Crippen MR) is 106 cm³/mol. The van der Waals surface area contributed by atoms with Crippen LogP contribution in [0.1, 0.15) is 27.8 Å². The van der Waals surface area contributed by atoms with Gasteiger partial charge >= 0.3 is 0 Å². The Hall–Kier alpha value is -3.21. The molecule has 0 aliphatic rings. The molecule has 1 N–H and O–H groups in total. The van der Waals surface area contributed by atoms with Gasteiger partial charge in [-0.25, -0.2) is 9.37 Å². The maximum atomic E-state index is 13.2. The van der Waals surface area contributed by atoms with Crippen LogP contribution < -0.4 is 10.1 Å². The van der Waals surface area contributed by atoms with Crippen molar-refractivity contribution in [2.75, 3.05) is 0 Å². The molecule has 3 aromatic rings. The summed E-state index contributed by atoms with van der Waals surface area (Å²) in [5.41, 5.74) is 5.04. The third kappa shape index (κ3) is 5.64. The summed E-state index contributed by atoms with van der Waals surface area (Å²) < 4.78 is 19.0. The number of aromatic nitrogens is 1. The Kier molecular flexibility index (Phi) is 6.37. The Bertz CT molecular complexity index is 972. The monoisotopic (exact) mass is 378 g/mol. The molecule has 0 radical (unpaired) electrons. The minimum absolute atomic E-state index is 0.138. The van der Waals surface area contributed by atoms with Crippen LogP contribution in [-0.2, 0) is 24.4 Å². The van der Waals surface area contributed by atoms with Crippen molar-refractivity contribution in [3.8, 4) is 5.88 Å². The molecule has 0 unspecified atom stereocenters. The number of nitrogens with zero attached hydrogens (tertiary/aromatic N) is 1. The van der Waals surface area contributed by atoms with Crippen LogP contribution in [0.15, 0.2) is 60.8 Å². The van der Waals surface area contributed by atoms with Crippen LogP contribution in [0.2, 0.25) is 0 Å². The van der Waals surface area contributed by atoms with Gasteiger partial charge in [0.2, 0.25) is 11.8 Å². The number of halogens is 1. The molecule has 0 saturated heterocycles. The minimum atomic E-state index is -0.343. The first-order chi connectivity index (χ1) is 13.5. The average molecular weight is 378 g/mol. The smallest absolute Gasteiger partial charge is 0.224 e. The molecular weight excluding hydrogens is 355 g/mol. The van der Waals surface area contributed by atoms with E-state index in [1.807, 2.05) is 12.1 Å². The third-order valence-corrected chi connectivity index (χ3v) is 4.42. The van der Waals surface area contributed by atoms with Crippen LogP contribution in [0.5, 0.6) is 5.88 Å². The third-order valence-electron chi connectivity index (χ3n) is 4.42. The number of amides is 1. The quantitative estimate of drug-likeness (QED) is 0.668. The molecular formula is C23H23FN2O2. The van der Waals surface area contributed by atoms with Gasteiger partial charge in [-0.1, -0.05) is 35.9 Å². The van der Waals surface area contributed by atoms with E-state index < -0.39 is 0 Å². The molecule has 1 amide bonds. The molecule has 0 atom stereocenters. The number of ether oxygens (including phenoxy) is 1. The van der Waals surface area contributed by atoms with E-state index >= 15 is 0 Å². The van der Waals surface area contributed by atoms with Crippen molar-refractivity contribution in [1.29, 1.82) is 0 Å². The van der Waals surface area contributed by atoms with E-state index in [0.29, 0.717) is 24.6 Å². The lowest BCUT2D eigenvalue weighted by Gasteiger charge is -2.10. The molecule has 0 spiro atoms. The number of hydrogen-bond acceptors (Lipinski definition) is 3. The standard InChI is InChI=1S/C23H23FN2O2/c1-16-6-7-20(17(2)10-16)15-28-23-13-19(8-9-25-23)14-26-22(27)12-18-4-3-5-21(24)11-18/h3-11,13H,12,14-15H2,1-2H3,(H,26,27). The van der Waals surface area contributed by atoms with Gasteiger partial charge < -0.3 is 10.1 Å². The Balaban J connectivity index is 1.53. The van der Waals surface area contributed by atoms with Gasteiger partial charge in [0.05, 0.1) is 6.42 Å². The lowest BCUT2D eigenvalue weighted by Crippen LogP contribution is -2.24. The van der Waals surface area contributed by atoms with E-state index in [1.165, 1.54) is 23.3 Å². The molecule has 0 aliphatic heterocycles. The summed E-state index contributed by atoms with van der Waals surface area (Å²) in [5.74, 6) is 0.00190. The minimum Gasteiger partial charge on any atom is -0.473 e. The van der Waals surface area contributed by atoms with Gasteiger partial charge in [0.15, 0.2) is 0 Å². The number of carbonyl (C=O) groups excluding carboxylic acids is 1. The van der Waals surface area contributed by atoms with Crippen LogP contribution in [0, 0.1) is 19.7 Å². The van der Waals surface area contributed by atoms with Gasteiger partial charge in [-0.05, 0) is 54.3 Å². The molecule has 0 bridgehead atoms. The van der Waals surface area contributed by atoms with E-state index in [9.17, 15) is 9.18 Å². The van der Waals surface area contributed by atoms with Crippen molar-refractivity contribution < 1.29 is 13.9 Å². The van der Waals surface area contributed by atoms with Crippen molar-refractivity contribution in [2.45, 2.75) is 33.4 Å². The lowest BCUT2D eigenvalue weighted by atomic mass is 10.1. The molecule has 28 heavy (non-hydrogen) atoms. The molecule has 2 aromatic carbocycles. The van der Waals surface area contributed by atoms with E-state index in [-0.39, 0.29) is 18.1 Å². The molecule has 1 aromatic heterocycles. The number of pyridine rings is 1. The first-order valence-electron chi connectivity index (χ1n) is 9.14.